The first-order valence-electron chi connectivity index (χ1n) is 8.29. The van der Waals surface area contributed by atoms with E-state index in [0.29, 0.717) is 40.1 Å². The van der Waals surface area contributed by atoms with E-state index >= 15 is 0 Å². The number of piperidine rings is 1. The SMILES string of the molecule is O=C(Nc1cc(Cl)ccc1Cl)[C@@H]1CCCN(S(=O)(=O)c2ccc(Cl)cc2)C1. The van der Waals surface area contributed by atoms with Crippen molar-refractivity contribution in [3.63, 3.8) is 0 Å². The van der Waals surface area contributed by atoms with Crippen molar-refractivity contribution >= 4 is 56.4 Å². The van der Waals surface area contributed by atoms with Crippen LogP contribution in [-0.2, 0) is 14.8 Å². The van der Waals surface area contributed by atoms with E-state index in [0.717, 1.165) is 0 Å². The molecule has 0 saturated carbocycles. The van der Waals surface area contributed by atoms with E-state index in [1.165, 1.54) is 28.6 Å². The number of rotatable bonds is 4. The molecule has 1 fully saturated rings. The number of nitrogens with one attached hydrogen (secondary N) is 1. The molecule has 1 amide bonds. The highest BCUT2D eigenvalue weighted by Crippen LogP contribution is 2.28. The molecule has 144 valence electrons. The van der Waals surface area contributed by atoms with Crippen LogP contribution in [0.5, 0.6) is 0 Å². The third-order valence-corrected chi connectivity index (χ3v) is 7.09. The van der Waals surface area contributed by atoms with E-state index in [-0.39, 0.29) is 17.3 Å². The Kier molecular flexibility index (Phi) is 6.33. The van der Waals surface area contributed by atoms with Crippen molar-refractivity contribution in [2.75, 3.05) is 18.4 Å². The maximum atomic E-state index is 12.8. The van der Waals surface area contributed by atoms with Crippen LogP contribution in [0.25, 0.3) is 0 Å². The summed E-state index contributed by atoms with van der Waals surface area (Å²) >= 11 is 17.9. The van der Waals surface area contributed by atoms with Gasteiger partial charge in [0, 0.05) is 23.1 Å². The first-order chi connectivity index (χ1) is 12.8. The van der Waals surface area contributed by atoms with Gasteiger partial charge in [0.1, 0.15) is 0 Å². The van der Waals surface area contributed by atoms with E-state index < -0.39 is 15.9 Å². The van der Waals surface area contributed by atoms with Crippen molar-refractivity contribution in [2.24, 2.45) is 5.92 Å². The number of anilines is 1. The summed E-state index contributed by atoms with van der Waals surface area (Å²) in [7, 11) is -3.69. The number of sulfonamides is 1. The van der Waals surface area contributed by atoms with Gasteiger partial charge in [0.05, 0.1) is 21.5 Å². The zero-order chi connectivity index (χ0) is 19.6. The Balaban J connectivity index is 1.74. The number of nitrogens with zero attached hydrogens (tertiary/aromatic N) is 1. The molecule has 1 atom stereocenters. The lowest BCUT2D eigenvalue weighted by molar-refractivity contribution is -0.120. The molecule has 2 aromatic rings. The number of carbonyl (C=O) groups is 1. The fourth-order valence-corrected chi connectivity index (χ4v) is 4.95. The van der Waals surface area contributed by atoms with Crippen LogP contribution in [0.15, 0.2) is 47.4 Å². The summed E-state index contributed by atoms with van der Waals surface area (Å²) in [4.78, 5) is 12.8. The third kappa shape index (κ3) is 4.76. The Morgan fingerprint density at radius 2 is 1.70 bits per heavy atom. The summed E-state index contributed by atoms with van der Waals surface area (Å²) < 4.78 is 27.0. The summed E-state index contributed by atoms with van der Waals surface area (Å²) in [5.74, 6) is -0.758. The van der Waals surface area contributed by atoms with E-state index in [1.54, 1.807) is 18.2 Å². The summed E-state index contributed by atoms with van der Waals surface area (Å²) in [6.07, 6.45) is 1.19. The summed E-state index contributed by atoms with van der Waals surface area (Å²) in [5.41, 5.74) is 0.409. The monoisotopic (exact) mass is 446 g/mol. The molecular formula is C18H17Cl3N2O3S. The topological polar surface area (TPSA) is 66.5 Å². The molecule has 1 aliphatic heterocycles. The lowest BCUT2D eigenvalue weighted by Gasteiger charge is -2.31. The predicted molar refractivity (Wildman–Crippen MR) is 108 cm³/mol. The maximum absolute atomic E-state index is 12.8. The van der Waals surface area contributed by atoms with E-state index in [9.17, 15) is 13.2 Å². The summed E-state index contributed by atoms with van der Waals surface area (Å²) in [6.45, 7) is 0.474. The van der Waals surface area contributed by atoms with Gasteiger partial charge in [0.2, 0.25) is 15.9 Å². The van der Waals surface area contributed by atoms with Crippen LogP contribution in [0, 0.1) is 5.92 Å². The van der Waals surface area contributed by atoms with E-state index in [2.05, 4.69) is 5.32 Å². The number of halogens is 3. The second kappa shape index (κ2) is 8.37. The fourth-order valence-electron chi connectivity index (χ4n) is 2.96. The molecule has 0 radical (unpaired) electrons. The van der Waals surface area contributed by atoms with Crippen molar-refractivity contribution in [1.82, 2.24) is 4.31 Å². The van der Waals surface area contributed by atoms with E-state index in [4.69, 9.17) is 34.8 Å². The molecule has 0 aromatic heterocycles. The van der Waals surface area contributed by atoms with Gasteiger partial charge in [-0.15, -0.1) is 0 Å². The molecule has 0 bridgehead atoms. The van der Waals surface area contributed by atoms with Gasteiger partial charge in [0.15, 0.2) is 0 Å². The molecule has 27 heavy (non-hydrogen) atoms. The largest absolute Gasteiger partial charge is 0.324 e. The number of hydrogen-bond donors (Lipinski definition) is 1. The molecule has 3 rings (SSSR count). The lowest BCUT2D eigenvalue weighted by atomic mass is 9.99. The Labute approximate surface area is 173 Å². The molecule has 9 heteroatoms. The molecule has 1 heterocycles. The molecular weight excluding hydrogens is 431 g/mol. The number of hydrogen-bond acceptors (Lipinski definition) is 3. The highest BCUT2D eigenvalue weighted by atomic mass is 35.5. The zero-order valence-corrected chi connectivity index (χ0v) is 17.2. The van der Waals surface area contributed by atoms with Gasteiger partial charge in [-0.1, -0.05) is 34.8 Å². The standard InChI is InChI=1S/C18H17Cl3N2O3S/c19-13-3-6-15(7-4-13)27(25,26)23-9-1-2-12(11-23)18(24)22-17-10-14(20)5-8-16(17)21/h3-8,10,12H,1-2,9,11H2,(H,22,24)/t12-/m1/s1. The van der Waals surface area contributed by atoms with Crippen LogP contribution in [0.4, 0.5) is 5.69 Å². The molecule has 2 aromatic carbocycles. The van der Waals surface area contributed by atoms with Crippen molar-refractivity contribution in [3.05, 3.63) is 57.5 Å². The van der Waals surface area contributed by atoms with Crippen LogP contribution in [0.1, 0.15) is 12.8 Å². The molecule has 1 aliphatic rings. The van der Waals surface area contributed by atoms with Crippen molar-refractivity contribution in [3.8, 4) is 0 Å². The van der Waals surface area contributed by atoms with Crippen molar-refractivity contribution in [1.29, 1.82) is 0 Å². The molecule has 5 nitrogen and oxygen atoms in total. The average Bonchev–Trinajstić information content (AvgIpc) is 2.65. The normalized spacial score (nSPS) is 18.3. The average molecular weight is 448 g/mol. The minimum absolute atomic E-state index is 0.106. The van der Waals surface area contributed by atoms with Crippen molar-refractivity contribution < 1.29 is 13.2 Å². The van der Waals surface area contributed by atoms with Crippen LogP contribution in [0.2, 0.25) is 15.1 Å². The summed E-state index contributed by atoms with van der Waals surface area (Å²) in [6, 6.07) is 10.8. The molecule has 0 spiro atoms. The van der Waals surface area contributed by atoms with Gasteiger partial charge >= 0.3 is 0 Å². The van der Waals surface area contributed by atoms with Gasteiger partial charge in [-0.3, -0.25) is 4.79 Å². The maximum Gasteiger partial charge on any atom is 0.243 e. The van der Waals surface area contributed by atoms with E-state index in [1.807, 2.05) is 0 Å². The summed E-state index contributed by atoms with van der Waals surface area (Å²) in [5, 5.41) is 4.03. The quantitative estimate of drug-likeness (QED) is 0.739. The van der Waals surface area contributed by atoms with Gasteiger partial charge in [-0.05, 0) is 55.3 Å². The zero-order valence-electron chi connectivity index (χ0n) is 14.2. The Hall–Kier alpha value is -1.31. The van der Waals surface area contributed by atoms with Gasteiger partial charge in [0.25, 0.3) is 0 Å². The molecule has 1 N–H and O–H groups in total. The van der Waals surface area contributed by atoms with Gasteiger partial charge in [-0.25, -0.2) is 8.42 Å². The molecule has 1 saturated heterocycles. The van der Waals surface area contributed by atoms with Crippen molar-refractivity contribution in [2.45, 2.75) is 17.7 Å². The smallest absolute Gasteiger partial charge is 0.243 e. The predicted octanol–water partition coefficient (Wildman–Crippen LogP) is 4.69. The van der Waals surface area contributed by atoms with Crippen LogP contribution < -0.4 is 5.32 Å². The first-order valence-corrected chi connectivity index (χ1v) is 10.9. The number of carbonyl (C=O) groups excluding carboxylic acids is 1. The number of amides is 1. The first kappa shape index (κ1) is 20.4. The molecule has 0 aliphatic carbocycles. The molecule has 0 unspecified atom stereocenters. The second-order valence-corrected chi connectivity index (χ2v) is 9.49. The fraction of sp³-hybridized carbons (Fsp3) is 0.278. The Bertz CT molecular complexity index is 949. The Morgan fingerprint density at radius 3 is 2.41 bits per heavy atom. The lowest BCUT2D eigenvalue weighted by Crippen LogP contribution is -2.43. The third-order valence-electron chi connectivity index (χ3n) is 4.39. The van der Waals surface area contributed by atoms with Gasteiger partial charge in [-0.2, -0.15) is 4.31 Å². The van der Waals surface area contributed by atoms with Crippen LogP contribution in [0.3, 0.4) is 0 Å². The van der Waals surface area contributed by atoms with Crippen LogP contribution >= 0.6 is 34.8 Å². The number of benzene rings is 2. The highest BCUT2D eigenvalue weighted by molar-refractivity contribution is 7.89. The van der Waals surface area contributed by atoms with Crippen LogP contribution in [-0.4, -0.2) is 31.7 Å². The van der Waals surface area contributed by atoms with Gasteiger partial charge < -0.3 is 5.32 Å². The Morgan fingerprint density at radius 1 is 1.04 bits per heavy atom. The highest BCUT2D eigenvalue weighted by Gasteiger charge is 2.33. The minimum atomic E-state index is -3.69. The minimum Gasteiger partial charge on any atom is -0.324 e. The second-order valence-electron chi connectivity index (χ2n) is 6.27.